The van der Waals surface area contributed by atoms with Gasteiger partial charge in [-0.2, -0.15) is 0 Å². The fourth-order valence-corrected chi connectivity index (χ4v) is 4.59. The molecule has 0 unspecified atom stereocenters. The Morgan fingerprint density at radius 3 is 2.59 bits per heavy atom. The zero-order valence-corrected chi connectivity index (χ0v) is 17.4. The fraction of sp³-hybridized carbons (Fsp3) is 0.381. The summed E-state index contributed by atoms with van der Waals surface area (Å²) in [6.45, 7) is 1.66. The molecule has 0 saturated carbocycles. The van der Waals surface area contributed by atoms with Crippen LogP contribution in [-0.2, 0) is 27.7 Å². The molecule has 8 heteroatoms. The summed E-state index contributed by atoms with van der Waals surface area (Å²) in [5.41, 5.74) is 2.71. The lowest BCUT2D eigenvalue weighted by Crippen LogP contribution is -2.29. The SMILES string of the molecule is CN(C)S(=O)(=O)c1ccc2c(c1)CCN2C(=O)CCc1ccc2c(c1)OCCO2. The third-order valence-corrected chi connectivity index (χ3v) is 7.07. The molecule has 2 aromatic rings. The highest BCUT2D eigenvalue weighted by Crippen LogP contribution is 2.33. The first kappa shape index (κ1) is 19.7. The van der Waals surface area contributed by atoms with E-state index >= 15 is 0 Å². The van der Waals surface area contributed by atoms with Gasteiger partial charge in [0.05, 0.1) is 4.90 Å². The molecule has 2 aliphatic rings. The van der Waals surface area contributed by atoms with Crippen LogP contribution in [0.5, 0.6) is 11.5 Å². The van der Waals surface area contributed by atoms with E-state index in [1.807, 2.05) is 18.2 Å². The molecule has 0 saturated heterocycles. The van der Waals surface area contributed by atoms with Crippen LogP contribution in [0, 0.1) is 0 Å². The van der Waals surface area contributed by atoms with E-state index in [0.29, 0.717) is 39.0 Å². The summed E-state index contributed by atoms with van der Waals surface area (Å²) in [6.07, 6.45) is 1.63. The van der Waals surface area contributed by atoms with Gasteiger partial charge in [-0.25, -0.2) is 12.7 Å². The number of amides is 1. The van der Waals surface area contributed by atoms with Gasteiger partial charge in [0.2, 0.25) is 15.9 Å². The maximum atomic E-state index is 12.8. The van der Waals surface area contributed by atoms with Gasteiger partial charge in [-0.3, -0.25) is 4.79 Å². The number of hydrogen-bond donors (Lipinski definition) is 0. The number of ether oxygens (including phenoxy) is 2. The van der Waals surface area contributed by atoms with E-state index in [-0.39, 0.29) is 10.8 Å². The monoisotopic (exact) mass is 416 g/mol. The van der Waals surface area contributed by atoms with Gasteiger partial charge in [0.15, 0.2) is 11.5 Å². The minimum absolute atomic E-state index is 0.0295. The van der Waals surface area contributed by atoms with E-state index in [4.69, 9.17) is 9.47 Å². The Hall–Kier alpha value is -2.58. The van der Waals surface area contributed by atoms with Gasteiger partial charge in [-0.1, -0.05) is 6.07 Å². The number of carbonyl (C=O) groups excluding carboxylic acids is 1. The Morgan fingerprint density at radius 1 is 1.07 bits per heavy atom. The molecule has 2 aromatic carbocycles. The standard InChI is InChI=1S/C21H24N2O5S/c1-22(2)29(25,26)17-5-6-18-16(14-17)9-10-23(18)21(24)8-4-15-3-7-19-20(13-15)28-12-11-27-19/h3,5-7,13-14H,4,8-12H2,1-2H3. The summed E-state index contributed by atoms with van der Waals surface area (Å²) < 4.78 is 37.0. The maximum Gasteiger partial charge on any atom is 0.242 e. The lowest BCUT2D eigenvalue weighted by atomic mass is 10.1. The van der Waals surface area contributed by atoms with Gasteiger partial charge in [0, 0.05) is 32.7 Å². The molecule has 0 spiro atoms. The van der Waals surface area contributed by atoms with E-state index < -0.39 is 10.0 Å². The van der Waals surface area contributed by atoms with E-state index in [2.05, 4.69) is 0 Å². The van der Waals surface area contributed by atoms with Crippen molar-refractivity contribution in [2.45, 2.75) is 24.2 Å². The highest BCUT2D eigenvalue weighted by molar-refractivity contribution is 7.89. The van der Waals surface area contributed by atoms with Gasteiger partial charge in [0.25, 0.3) is 0 Å². The molecule has 0 aliphatic carbocycles. The van der Waals surface area contributed by atoms with Crippen LogP contribution in [0.3, 0.4) is 0 Å². The molecule has 0 bridgehead atoms. The minimum Gasteiger partial charge on any atom is -0.486 e. The zero-order valence-electron chi connectivity index (χ0n) is 16.6. The van der Waals surface area contributed by atoms with Crippen LogP contribution in [-0.4, -0.2) is 52.5 Å². The van der Waals surface area contributed by atoms with Gasteiger partial charge in [-0.05, 0) is 54.3 Å². The van der Waals surface area contributed by atoms with E-state index in [1.54, 1.807) is 23.1 Å². The number of carbonyl (C=O) groups is 1. The topological polar surface area (TPSA) is 76.2 Å². The first-order valence-corrected chi connectivity index (χ1v) is 11.0. The van der Waals surface area contributed by atoms with Gasteiger partial charge in [-0.15, -0.1) is 0 Å². The molecule has 0 aromatic heterocycles. The predicted octanol–water partition coefficient (Wildman–Crippen LogP) is 2.23. The van der Waals surface area contributed by atoms with E-state index in [0.717, 1.165) is 28.3 Å². The van der Waals surface area contributed by atoms with Gasteiger partial charge >= 0.3 is 0 Å². The van der Waals surface area contributed by atoms with Crippen molar-refractivity contribution in [1.82, 2.24) is 4.31 Å². The smallest absolute Gasteiger partial charge is 0.242 e. The zero-order chi connectivity index (χ0) is 20.6. The molecule has 4 rings (SSSR count). The van der Waals surface area contributed by atoms with Gasteiger partial charge < -0.3 is 14.4 Å². The summed E-state index contributed by atoms with van der Waals surface area (Å²) in [6, 6.07) is 10.8. The second kappa shape index (κ2) is 7.68. The number of aryl methyl sites for hydroxylation is 1. The Bertz CT molecular complexity index is 1050. The van der Waals surface area contributed by atoms with Crippen LogP contribution < -0.4 is 14.4 Å². The lowest BCUT2D eigenvalue weighted by Gasteiger charge is -2.20. The molecule has 154 valence electrons. The van der Waals surface area contributed by atoms with Crippen LogP contribution >= 0.6 is 0 Å². The number of nitrogens with zero attached hydrogens (tertiary/aromatic N) is 2. The van der Waals surface area contributed by atoms with Gasteiger partial charge in [0.1, 0.15) is 13.2 Å². The van der Waals surface area contributed by atoms with Crippen LogP contribution in [0.4, 0.5) is 5.69 Å². The molecule has 1 amide bonds. The van der Waals surface area contributed by atoms with Crippen molar-refractivity contribution in [3.05, 3.63) is 47.5 Å². The number of sulfonamides is 1. The first-order chi connectivity index (χ1) is 13.9. The van der Waals surface area contributed by atoms with Crippen molar-refractivity contribution in [1.29, 1.82) is 0 Å². The Morgan fingerprint density at radius 2 is 1.83 bits per heavy atom. The summed E-state index contributed by atoms with van der Waals surface area (Å²) in [5.74, 6) is 1.49. The number of rotatable bonds is 5. The molecule has 2 aliphatic heterocycles. The van der Waals surface area contributed by atoms with Crippen LogP contribution in [0.15, 0.2) is 41.3 Å². The largest absolute Gasteiger partial charge is 0.486 e. The molecule has 0 N–H and O–H groups in total. The van der Waals surface area contributed by atoms with Crippen molar-refractivity contribution in [3.63, 3.8) is 0 Å². The Labute approximate surface area is 170 Å². The third kappa shape index (κ3) is 3.82. The molecule has 0 fully saturated rings. The second-order valence-electron chi connectivity index (χ2n) is 7.35. The predicted molar refractivity (Wildman–Crippen MR) is 109 cm³/mol. The molecule has 29 heavy (non-hydrogen) atoms. The summed E-state index contributed by atoms with van der Waals surface area (Å²) >= 11 is 0. The number of hydrogen-bond acceptors (Lipinski definition) is 5. The quantitative estimate of drug-likeness (QED) is 0.747. The normalized spacial score (nSPS) is 15.5. The van der Waals surface area contributed by atoms with Crippen molar-refractivity contribution >= 4 is 21.6 Å². The molecule has 2 heterocycles. The minimum atomic E-state index is -3.48. The van der Waals surface area contributed by atoms with Crippen molar-refractivity contribution < 1.29 is 22.7 Å². The number of anilines is 1. The van der Waals surface area contributed by atoms with E-state index in [1.165, 1.54) is 18.4 Å². The summed E-state index contributed by atoms with van der Waals surface area (Å²) in [7, 11) is -0.462. The highest BCUT2D eigenvalue weighted by atomic mass is 32.2. The molecular formula is C21H24N2O5S. The molecule has 7 nitrogen and oxygen atoms in total. The first-order valence-electron chi connectivity index (χ1n) is 9.60. The van der Waals surface area contributed by atoms with Crippen LogP contribution in [0.1, 0.15) is 17.5 Å². The maximum absolute atomic E-state index is 12.8. The van der Waals surface area contributed by atoms with Crippen LogP contribution in [0.25, 0.3) is 0 Å². The second-order valence-corrected chi connectivity index (χ2v) is 9.50. The van der Waals surface area contributed by atoms with Crippen molar-refractivity contribution in [2.75, 3.05) is 38.8 Å². The average molecular weight is 416 g/mol. The van der Waals surface area contributed by atoms with Crippen molar-refractivity contribution in [3.8, 4) is 11.5 Å². The highest BCUT2D eigenvalue weighted by Gasteiger charge is 2.27. The average Bonchev–Trinajstić information content (AvgIpc) is 3.15. The van der Waals surface area contributed by atoms with Crippen molar-refractivity contribution in [2.24, 2.45) is 0 Å². The van der Waals surface area contributed by atoms with Crippen LogP contribution in [0.2, 0.25) is 0 Å². The number of fused-ring (bicyclic) bond motifs is 2. The molecule has 0 radical (unpaired) electrons. The summed E-state index contributed by atoms with van der Waals surface area (Å²) in [5, 5.41) is 0. The number of benzene rings is 2. The van der Waals surface area contributed by atoms with E-state index in [9.17, 15) is 13.2 Å². The molecule has 0 atom stereocenters. The Balaban J connectivity index is 1.45. The summed E-state index contributed by atoms with van der Waals surface area (Å²) in [4.78, 5) is 14.8. The molecular weight excluding hydrogens is 392 g/mol. The fourth-order valence-electron chi connectivity index (χ4n) is 3.64. The Kier molecular flexibility index (Phi) is 5.23. The third-order valence-electron chi connectivity index (χ3n) is 5.26. The lowest BCUT2D eigenvalue weighted by molar-refractivity contribution is -0.118.